The third-order valence-corrected chi connectivity index (χ3v) is 3.94. The molecule has 0 bridgehead atoms. The lowest BCUT2D eigenvalue weighted by Gasteiger charge is -2.10. The molecular formula is C19H21N3O3. The van der Waals surface area contributed by atoms with E-state index in [1.807, 2.05) is 31.2 Å². The predicted molar refractivity (Wildman–Crippen MR) is 95.6 cm³/mol. The van der Waals surface area contributed by atoms with Crippen molar-refractivity contribution in [2.45, 2.75) is 32.2 Å². The summed E-state index contributed by atoms with van der Waals surface area (Å²) in [6.07, 6.45) is 4.57. The standard InChI is InChI=1S/C19H21N3O3/c1-2-13-5-3-4-6-16(13)22-18(23)12-25-19(24)14-7-10-17(20-11-14)21-15-8-9-15/h3-7,10-11,15H,2,8-9,12H2,1H3,(H,20,21)(H,22,23). The molecule has 25 heavy (non-hydrogen) atoms. The SMILES string of the molecule is CCc1ccccc1NC(=O)COC(=O)c1ccc(NC2CC2)nc1. The minimum Gasteiger partial charge on any atom is -0.452 e. The van der Waals surface area contributed by atoms with Gasteiger partial charge in [-0.2, -0.15) is 0 Å². The lowest BCUT2D eigenvalue weighted by Crippen LogP contribution is -2.21. The number of anilines is 2. The lowest BCUT2D eigenvalue weighted by molar-refractivity contribution is -0.119. The van der Waals surface area contributed by atoms with Crippen LogP contribution in [0.1, 0.15) is 35.7 Å². The second-order valence-electron chi connectivity index (χ2n) is 5.99. The van der Waals surface area contributed by atoms with Crippen molar-refractivity contribution in [3.05, 3.63) is 53.7 Å². The zero-order valence-electron chi connectivity index (χ0n) is 14.1. The Morgan fingerprint density at radius 3 is 2.68 bits per heavy atom. The molecule has 1 amide bonds. The number of amides is 1. The summed E-state index contributed by atoms with van der Waals surface area (Å²) in [6, 6.07) is 11.4. The van der Waals surface area contributed by atoms with Crippen LogP contribution in [-0.4, -0.2) is 29.5 Å². The molecule has 1 aromatic carbocycles. The van der Waals surface area contributed by atoms with Gasteiger partial charge in [0.05, 0.1) is 5.56 Å². The highest BCUT2D eigenvalue weighted by molar-refractivity contribution is 5.95. The molecule has 130 valence electrons. The number of carbonyl (C=O) groups is 2. The van der Waals surface area contributed by atoms with Gasteiger partial charge < -0.3 is 15.4 Å². The van der Waals surface area contributed by atoms with Crippen molar-refractivity contribution in [1.29, 1.82) is 0 Å². The van der Waals surface area contributed by atoms with Gasteiger partial charge in [0, 0.05) is 17.9 Å². The molecule has 1 aliphatic rings. The number of aryl methyl sites for hydroxylation is 1. The van der Waals surface area contributed by atoms with Gasteiger partial charge in [-0.3, -0.25) is 4.79 Å². The van der Waals surface area contributed by atoms with Crippen LogP contribution < -0.4 is 10.6 Å². The van der Waals surface area contributed by atoms with Crippen LogP contribution >= 0.6 is 0 Å². The second-order valence-corrected chi connectivity index (χ2v) is 5.99. The highest BCUT2D eigenvalue weighted by Gasteiger charge is 2.21. The summed E-state index contributed by atoms with van der Waals surface area (Å²) in [5.41, 5.74) is 2.09. The average Bonchev–Trinajstić information content (AvgIpc) is 3.45. The number of ether oxygens (including phenoxy) is 1. The Bertz CT molecular complexity index is 755. The van der Waals surface area contributed by atoms with E-state index in [1.54, 1.807) is 12.1 Å². The van der Waals surface area contributed by atoms with Gasteiger partial charge >= 0.3 is 5.97 Å². The van der Waals surface area contributed by atoms with E-state index >= 15 is 0 Å². The molecule has 1 aliphatic carbocycles. The van der Waals surface area contributed by atoms with Crippen LogP contribution in [0.2, 0.25) is 0 Å². The zero-order valence-corrected chi connectivity index (χ0v) is 14.1. The minimum atomic E-state index is -0.565. The minimum absolute atomic E-state index is 0.322. The molecule has 0 unspecified atom stereocenters. The summed E-state index contributed by atoms with van der Waals surface area (Å²) in [6.45, 7) is 1.68. The van der Waals surface area contributed by atoms with Crippen LogP contribution in [0.25, 0.3) is 0 Å². The van der Waals surface area contributed by atoms with Gasteiger partial charge in [0.15, 0.2) is 6.61 Å². The van der Waals surface area contributed by atoms with E-state index in [-0.39, 0.29) is 12.5 Å². The fourth-order valence-electron chi connectivity index (χ4n) is 2.39. The number of esters is 1. The number of pyridine rings is 1. The third-order valence-electron chi connectivity index (χ3n) is 3.94. The molecule has 1 heterocycles. The van der Waals surface area contributed by atoms with Crippen molar-refractivity contribution in [2.75, 3.05) is 17.2 Å². The van der Waals surface area contributed by atoms with Crippen LogP contribution in [0.15, 0.2) is 42.6 Å². The highest BCUT2D eigenvalue weighted by atomic mass is 16.5. The molecule has 0 atom stereocenters. The third kappa shape index (κ3) is 4.79. The maximum absolute atomic E-state index is 12.0. The topological polar surface area (TPSA) is 80.3 Å². The van der Waals surface area contributed by atoms with Gasteiger partial charge in [-0.05, 0) is 43.0 Å². The van der Waals surface area contributed by atoms with E-state index in [0.717, 1.165) is 36.3 Å². The Morgan fingerprint density at radius 2 is 2.00 bits per heavy atom. The number of hydrogen-bond acceptors (Lipinski definition) is 5. The zero-order chi connectivity index (χ0) is 17.6. The molecular weight excluding hydrogens is 318 g/mol. The molecule has 1 aromatic heterocycles. The van der Waals surface area contributed by atoms with Crippen molar-refractivity contribution in [3.63, 3.8) is 0 Å². The van der Waals surface area contributed by atoms with Gasteiger partial charge in [0.1, 0.15) is 5.82 Å². The quantitative estimate of drug-likeness (QED) is 0.758. The molecule has 0 saturated heterocycles. The first-order valence-electron chi connectivity index (χ1n) is 8.43. The first-order chi connectivity index (χ1) is 12.2. The molecule has 1 fully saturated rings. The monoisotopic (exact) mass is 339 g/mol. The first kappa shape index (κ1) is 17.0. The van der Waals surface area contributed by atoms with Crippen molar-refractivity contribution in [2.24, 2.45) is 0 Å². The van der Waals surface area contributed by atoms with Crippen LogP contribution in [0.3, 0.4) is 0 Å². The molecule has 3 rings (SSSR count). The van der Waals surface area contributed by atoms with Gasteiger partial charge in [-0.1, -0.05) is 25.1 Å². The highest BCUT2D eigenvalue weighted by Crippen LogP contribution is 2.23. The van der Waals surface area contributed by atoms with Gasteiger partial charge in [0.25, 0.3) is 5.91 Å². The molecule has 1 saturated carbocycles. The van der Waals surface area contributed by atoms with E-state index in [9.17, 15) is 9.59 Å². The normalized spacial score (nSPS) is 13.2. The summed E-state index contributed by atoms with van der Waals surface area (Å²) in [4.78, 5) is 28.2. The van der Waals surface area contributed by atoms with Crippen LogP contribution in [0.5, 0.6) is 0 Å². The summed E-state index contributed by atoms with van der Waals surface area (Å²) in [5, 5.41) is 6.01. The lowest BCUT2D eigenvalue weighted by atomic mass is 10.1. The predicted octanol–water partition coefficient (Wildman–Crippen LogP) is 3.01. The summed E-state index contributed by atoms with van der Waals surface area (Å²) < 4.78 is 5.06. The molecule has 6 heteroatoms. The Balaban J connectivity index is 1.50. The van der Waals surface area contributed by atoms with E-state index in [4.69, 9.17) is 4.74 Å². The van der Waals surface area contributed by atoms with Crippen molar-refractivity contribution >= 4 is 23.4 Å². The number of nitrogens with zero attached hydrogens (tertiary/aromatic N) is 1. The summed E-state index contributed by atoms with van der Waals surface area (Å²) >= 11 is 0. The molecule has 2 N–H and O–H groups in total. The Kier molecular flexibility index (Phi) is 5.28. The summed E-state index contributed by atoms with van der Waals surface area (Å²) in [7, 11) is 0. The van der Waals surface area contributed by atoms with Crippen molar-refractivity contribution < 1.29 is 14.3 Å². The fourth-order valence-corrected chi connectivity index (χ4v) is 2.39. The summed E-state index contributed by atoms with van der Waals surface area (Å²) in [5.74, 6) is -0.188. The Hall–Kier alpha value is -2.89. The van der Waals surface area contributed by atoms with Gasteiger partial charge in [0.2, 0.25) is 0 Å². The van der Waals surface area contributed by atoms with E-state index < -0.39 is 5.97 Å². The largest absolute Gasteiger partial charge is 0.452 e. The van der Waals surface area contributed by atoms with E-state index in [0.29, 0.717) is 11.6 Å². The molecule has 0 spiro atoms. The fraction of sp³-hybridized carbons (Fsp3) is 0.316. The average molecular weight is 339 g/mol. The molecule has 6 nitrogen and oxygen atoms in total. The van der Waals surface area contributed by atoms with Crippen LogP contribution in [0.4, 0.5) is 11.5 Å². The van der Waals surface area contributed by atoms with Crippen LogP contribution in [0, 0.1) is 0 Å². The Morgan fingerprint density at radius 1 is 1.20 bits per heavy atom. The second kappa shape index (κ2) is 7.79. The number of aromatic nitrogens is 1. The maximum Gasteiger partial charge on any atom is 0.340 e. The molecule has 2 aromatic rings. The number of benzene rings is 1. The van der Waals surface area contributed by atoms with Crippen molar-refractivity contribution in [1.82, 2.24) is 4.98 Å². The van der Waals surface area contributed by atoms with E-state index in [1.165, 1.54) is 6.20 Å². The van der Waals surface area contributed by atoms with Crippen molar-refractivity contribution in [3.8, 4) is 0 Å². The number of rotatable bonds is 7. The first-order valence-corrected chi connectivity index (χ1v) is 8.43. The number of para-hydroxylation sites is 1. The van der Waals surface area contributed by atoms with E-state index in [2.05, 4.69) is 15.6 Å². The smallest absolute Gasteiger partial charge is 0.340 e. The number of carbonyl (C=O) groups excluding carboxylic acids is 2. The Labute approximate surface area is 146 Å². The maximum atomic E-state index is 12.0. The van der Waals surface area contributed by atoms with Crippen LogP contribution in [-0.2, 0) is 16.0 Å². The number of nitrogens with one attached hydrogen (secondary N) is 2. The van der Waals surface area contributed by atoms with Gasteiger partial charge in [-0.25, -0.2) is 9.78 Å². The number of hydrogen-bond donors (Lipinski definition) is 2. The molecule has 0 aliphatic heterocycles. The molecule has 0 radical (unpaired) electrons. The van der Waals surface area contributed by atoms with Gasteiger partial charge in [-0.15, -0.1) is 0 Å².